The smallest absolute Gasteiger partial charge is 0.409 e. The van der Waals surface area contributed by atoms with Crippen LogP contribution in [0.15, 0.2) is 36.7 Å². The maximum Gasteiger partial charge on any atom is 0.409 e. The summed E-state index contributed by atoms with van der Waals surface area (Å²) in [4.78, 5) is 33.9. The number of carbonyl (C=O) groups excluding carboxylic acids is 2. The molecule has 0 unspecified atom stereocenters. The van der Waals surface area contributed by atoms with Crippen molar-refractivity contribution < 1.29 is 24.2 Å². The van der Waals surface area contributed by atoms with Crippen molar-refractivity contribution >= 4 is 12.0 Å². The normalized spacial score (nSPS) is 19.3. The van der Waals surface area contributed by atoms with Crippen LogP contribution in [0, 0.1) is 0 Å². The van der Waals surface area contributed by atoms with Crippen LogP contribution < -0.4 is 15.4 Å². The van der Waals surface area contributed by atoms with E-state index in [1.807, 2.05) is 12.1 Å². The van der Waals surface area contributed by atoms with Crippen molar-refractivity contribution in [2.24, 2.45) is 0 Å². The van der Waals surface area contributed by atoms with Gasteiger partial charge in [0, 0.05) is 51.1 Å². The number of nitrogens with one attached hydrogen (secondary N) is 2. The molecule has 33 heavy (non-hydrogen) atoms. The van der Waals surface area contributed by atoms with Gasteiger partial charge in [-0.15, -0.1) is 0 Å². The molecule has 10 nitrogen and oxygen atoms in total. The fourth-order valence-corrected chi connectivity index (χ4v) is 4.17. The van der Waals surface area contributed by atoms with Gasteiger partial charge in [-0.25, -0.2) is 14.8 Å². The lowest BCUT2D eigenvalue weighted by Gasteiger charge is -2.30. The lowest BCUT2D eigenvalue weighted by Crippen LogP contribution is -2.49. The molecule has 0 saturated carbocycles. The molecule has 0 spiro atoms. The predicted molar refractivity (Wildman–Crippen MR) is 119 cm³/mol. The lowest BCUT2D eigenvalue weighted by atomic mass is 9.93. The number of hydrogen-bond acceptors (Lipinski definition) is 8. The monoisotopic (exact) mass is 455 g/mol. The van der Waals surface area contributed by atoms with E-state index in [9.17, 15) is 14.7 Å². The number of aliphatic hydroxyl groups is 1. The van der Waals surface area contributed by atoms with Gasteiger partial charge in [-0.1, -0.05) is 24.3 Å². The molecule has 1 fully saturated rings. The van der Waals surface area contributed by atoms with Crippen LogP contribution in [0.3, 0.4) is 0 Å². The van der Waals surface area contributed by atoms with E-state index < -0.39 is 12.0 Å². The first-order chi connectivity index (χ1) is 16.0. The van der Waals surface area contributed by atoms with Crippen molar-refractivity contribution in [2.75, 3.05) is 26.7 Å². The van der Waals surface area contributed by atoms with E-state index in [1.54, 1.807) is 4.90 Å². The summed E-state index contributed by atoms with van der Waals surface area (Å²) in [7, 11) is 1.36. The summed E-state index contributed by atoms with van der Waals surface area (Å²) in [5, 5.41) is 16.6. The average Bonchev–Trinajstić information content (AvgIpc) is 2.87. The number of nitrogens with zero attached hydrogens (tertiary/aromatic N) is 3. The molecular weight excluding hydrogens is 426 g/mol. The molecule has 1 aromatic heterocycles. The van der Waals surface area contributed by atoms with E-state index in [0.29, 0.717) is 44.8 Å². The first-order valence-corrected chi connectivity index (χ1v) is 11.1. The topological polar surface area (TPSA) is 126 Å². The number of piperidine rings is 1. The van der Waals surface area contributed by atoms with Gasteiger partial charge >= 0.3 is 6.09 Å². The molecular formula is C23H29N5O5. The molecule has 4 rings (SSSR count). The molecule has 0 bridgehead atoms. The Labute approximate surface area is 192 Å². The summed E-state index contributed by atoms with van der Waals surface area (Å²) in [6.45, 7) is 1.86. The molecule has 2 amide bonds. The molecule has 2 aromatic rings. The standard InChI is InChI=1S/C23H29N5O5/c1-32-23(31)28-8-6-17(7-9-28)33-21-11-19(26-14-27-21)22(30)25-13-20(29)18-10-15-4-2-3-5-16(15)12-24-18/h2-5,11,14,17-18,20,24,29H,6-10,12-13H2,1H3,(H,25,30)/t18-,20+/m0/s1. The molecule has 2 aliphatic rings. The molecule has 0 aliphatic carbocycles. The number of rotatable bonds is 6. The first-order valence-electron chi connectivity index (χ1n) is 11.1. The van der Waals surface area contributed by atoms with Crippen LogP contribution in [-0.2, 0) is 17.7 Å². The maximum atomic E-state index is 12.6. The van der Waals surface area contributed by atoms with Gasteiger partial charge in [0.25, 0.3) is 5.91 Å². The molecule has 2 atom stereocenters. The number of hydrogen-bond donors (Lipinski definition) is 3. The van der Waals surface area contributed by atoms with Crippen LogP contribution in [-0.4, -0.2) is 77.0 Å². The molecule has 3 N–H and O–H groups in total. The third kappa shape index (κ3) is 5.77. The minimum Gasteiger partial charge on any atom is -0.474 e. The Kier molecular flexibility index (Phi) is 7.36. The second-order valence-corrected chi connectivity index (χ2v) is 8.25. The van der Waals surface area contributed by atoms with Gasteiger partial charge in [0.1, 0.15) is 18.1 Å². The minimum atomic E-state index is -0.736. The zero-order valence-corrected chi connectivity index (χ0v) is 18.6. The van der Waals surface area contributed by atoms with Crippen LogP contribution >= 0.6 is 0 Å². The summed E-state index contributed by atoms with van der Waals surface area (Å²) in [6.07, 6.45) is 2.08. The van der Waals surface area contributed by atoms with Gasteiger partial charge in [-0.3, -0.25) is 4.79 Å². The number of likely N-dealkylation sites (tertiary alicyclic amines) is 1. The van der Waals surface area contributed by atoms with E-state index in [4.69, 9.17) is 9.47 Å². The lowest BCUT2D eigenvalue weighted by molar-refractivity contribution is 0.0766. The number of aliphatic hydroxyl groups excluding tert-OH is 1. The van der Waals surface area contributed by atoms with E-state index in [0.717, 1.165) is 0 Å². The van der Waals surface area contributed by atoms with Gasteiger partial charge < -0.3 is 30.1 Å². The number of methoxy groups -OCH3 is 1. The molecule has 1 saturated heterocycles. The third-order valence-corrected chi connectivity index (χ3v) is 6.09. The van der Waals surface area contributed by atoms with Crippen molar-refractivity contribution in [1.29, 1.82) is 0 Å². The largest absolute Gasteiger partial charge is 0.474 e. The molecule has 2 aliphatic heterocycles. The van der Waals surface area contributed by atoms with Gasteiger partial charge in [0.2, 0.25) is 5.88 Å². The number of fused-ring (bicyclic) bond motifs is 1. The van der Waals surface area contributed by atoms with Crippen LogP contribution in [0.1, 0.15) is 34.5 Å². The highest BCUT2D eigenvalue weighted by Crippen LogP contribution is 2.19. The number of aromatic nitrogens is 2. The van der Waals surface area contributed by atoms with E-state index in [2.05, 4.69) is 32.7 Å². The van der Waals surface area contributed by atoms with E-state index >= 15 is 0 Å². The molecule has 176 valence electrons. The zero-order valence-electron chi connectivity index (χ0n) is 18.6. The van der Waals surface area contributed by atoms with E-state index in [1.165, 1.54) is 30.6 Å². The molecule has 0 radical (unpaired) electrons. The number of ether oxygens (including phenoxy) is 2. The Balaban J connectivity index is 1.26. The second-order valence-electron chi connectivity index (χ2n) is 8.25. The van der Waals surface area contributed by atoms with Gasteiger partial charge in [-0.2, -0.15) is 0 Å². The Bertz CT molecular complexity index is 979. The Morgan fingerprint density at radius 1 is 1.24 bits per heavy atom. The summed E-state index contributed by atoms with van der Waals surface area (Å²) in [5.41, 5.74) is 2.61. The van der Waals surface area contributed by atoms with Crippen molar-refractivity contribution in [2.45, 2.75) is 44.1 Å². The number of benzene rings is 1. The Morgan fingerprint density at radius 2 is 2.00 bits per heavy atom. The minimum absolute atomic E-state index is 0.102. The average molecular weight is 456 g/mol. The molecule has 1 aromatic carbocycles. The SMILES string of the molecule is COC(=O)N1CCC(Oc2cc(C(=O)NC[C@@H](O)[C@@H]3Cc4ccccc4CN3)ncn2)CC1. The van der Waals surface area contributed by atoms with Gasteiger partial charge in [-0.05, 0) is 17.5 Å². The molecule has 3 heterocycles. The summed E-state index contributed by atoms with van der Waals surface area (Å²) < 4.78 is 10.6. The first kappa shape index (κ1) is 22.9. The zero-order chi connectivity index (χ0) is 23.2. The second kappa shape index (κ2) is 10.6. The van der Waals surface area contributed by atoms with Crippen LogP contribution in [0.4, 0.5) is 4.79 Å². The molecule has 10 heteroatoms. The Morgan fingerprint density at radius 3 is 2.76 bits per heavy atom. The quantitative estimate of drug-likeness (QED) is 0.586. The predicted octanol–water partition coefficient (Wildman–Crippen LogP) is 0.891. The van der Waals surface area contributed by atoms with Gasteiger partial charge in [0.05, 0.1) is 13.2 Å². The van der Waals surface area contributed by atoms with E-state index in [-0.39, 0.29) is 30.5 Å². The summed E-state index contributed by atoms with van der Waals surface area (Å²) >= 11 is 0. The fourth-order valence-electron chi connectivity index (χ4n) is 4.17. The highest BCUT2D eigenvalue weighted by atomic mass is 16.5. The maximum absolute atomic E-state index is 12.6. The highest BCUT2D eigenvalue weighted by Gasteiger charge is 2.26. The van der Waals surface area contributed by atoms with Crippen molar-refractivity contribution in [3.63, 3.8) is 0 Å². The van der Waals surface area contributed by atoms with Crippen molar-refractivity contribution in [3.8, 4) is 5.88 Å². The van der Waals surface area contributed by atoms with Crippen molar-refractivity contribution in [3.05, 3.63) is 53.5 Å². The third-order valence-electron chi connectivity index (χ3n) is 6.09. The van der Waals surface area contributed by atoms with Crippen LogP contribution in [0.25, 0.3) is 0 Å². The highest BCUT2D eigenvalue weighted by molar-refractivity contribution is 5.92. The van der Waals surface area contributed by atoms with Crippen LogP contribution in [0.5, 0.6) is 5.88 Å². The van der Waals surface area contributed by atoms with Gasteiger partial charge in [0.15, 0.2) is 0 Å². The summed E-state index contributed by atoms with van der Waals surface area (Å²) in [6, 6.07) is 9.49. The van der Waals surface area contributed by atoms with Crippen LogP contribution in [0.2, 0.25) is 0 Å². The fraction of sp³-hybridized carbons (Fsp3) is 0.478. The van der Waals surface area contributed by atoms with Crippen molar-refractivity contribution in [1.82, 2.24) is 25.5 Å². The summed E-state index contributed by atoms with van der Waals surface area (Å²) in [5.74, 6) is -0.101. The Hall–Kier alpha value is -3.24. The number of carbonyl (C=O) groups is 2. The number of amides is 2.